The fraction of sp³-hybridized carbons (Fsp3) is 0.143. The minimum atomic E-state index is -0.391. The van der Waals surface area contributed by atoms with E-state index in [1.807, 2.05) is 13.8 Å². The number of nitrogens with zero attached hydrogens (tertiary/aromatic N) is 1. The van der Waals surface area contributed by atoms with Gasteiger partial charge in [-0.05, 0) is 31.5 Å². The number of nitriles is 1. The van der Waals surface area contributed by atoms with Crippen LogP contribution in [0.2, 0.25) is 10.0 Å². The number of carbonyl (C=O) groups is 1. The molecule has 0 radical (unpaired) electrons. The number of nitrogens with two attached hydrogens (primary N) is 1. The largest absolute Gasteiger partial charge is 0.397 e. The van der Waals surface area contributed by atoms with Crippen molar-refractivity contribution in [3.8, 4) is 6.07 Å². The van der Waals surface area contributed by atoms with Gasteiger partial charge in [0.05, 0.1) is 21.3 Å². The lowest BCUT2D eigenvalue weighted by molar-refractivity contribution is 0.102. The predicted octanol–water partition coefficient (Wildman–Crippen LogP) is 4.38. The number of carbonyl (C=O) groups excluding carboxylic acids is 1. The monoisotopic (exact) mass is 339 g/mol. The Kier molecular flexibility index (Phi) is 4.43. The van der Waals surface area contributed by atoms with Gasteiger partial charge in [0.1, 0.15) is 11.1 Å². The Morgan fingerprint density at radius 3 is 2.62 bits per heavy atom. The molecule has 0 aliphatic heterocycles. The lowest BCUT2D eigenvalue weighted by atomic mass is 10.1. The number of aryl methyl sites for hydroxylation is 1. The van der Waals surface area contributed by atoms with E-state index in [1.165, 1.54) is 23.5 Å². The smallest absolute Gasteiger partial charge is 0.256 e. The molecule has 3 N–H and O–H groups in total. The molecule has 0 aliphatic carbocycles. The van der Waals surface area contributed by atoms with Crippen LogP contribution in [0.15, 0.2) is 12.1 Å². The molecule has 7 heteroatoms. The Labute approximate surface area is 136 Å². The molecular formula is C14H11Cl2N3OS. The number of nitrogen functional groups attached to an aromatic ring is 1. The van der Waals surface area contributed by atoms with Crippen LogP contribution < -0.4 is 11.1 Å². The first-order valence-electron chi connectivity index (χ1n) is 5.91. The van der Waals surface area contributed by atoms with Gasteiger partial charge in [0, 0.05) is 10.4 Å². The summed E-state index contributed by atoms with van der Waals surface area (Å²) in [6.45, 7) is 3.74. The summed E-state index contributed by atoms with van der Waals surface area (Å²) in [4.78, 5) is 13.2. The molecule has 0 bridgehead atoms. The second kappa shape index (κ2) is 5.94. The highest BCUT2D eigenvalue weighted by molar-refractivity contribution is 7.16. The van der Waals surface area contributed by atoms with Crippen molar-refractivity contribution < 1.29 is 4.79 Å². The molecule has 1 aromatic heterocycles. The molecule has 0 atom stereocenters. The van der Waals surface area contributed by atoms with Crippen molar-refractivity contribution in [3.05, 3.63) is 43.7 Å². The van der Waals surface area contributed by atoms with Crippen LogP contribution in [0.4, 0.5) is 10.7 Å². The quantitative estimate of drug-likeness (QED) is 0.797. The molecule has 1 aromatic carbocycles. The maximum Gasteiger partial charge on any atom is 0.256 e. The van der Waals surface area contributed by atoms with Gasteiger partial charge < -0.3 is 11.1 Å². The van der Waals surface area contributed by atoms with Crippen LogP contribution in [0.3, 0.4) is 0 Å². The molecule has 21 heavy (non-hydrogen) atoms. The lowest BCUT2D eigenvalue weighted by Gasteiger charge is -2.07. The molecule has 1 amide bonds. The fourth-order valence-electron chi connectivity index (χ4n) is 1.77. The molecule has 0 saturated heterocycles. The molecule has 0 aliphatic rings. The summed E-state index contributed by atoms with van der Waals surface area (Å²) in [6, 6.07) is 4.98. The first-order chi connectivity index (χ1) is 9.85. The summed E-state index contributed by atoms with van der Waals surface area (Å²) < 4.78 is 0. The normalized spacial score (nSPS) is 10.2. The highest BCUT2D eigenvalue weighted by Crippen LogP contribution is 2.33. The van der Waals surface area contributed by atoms with Gasteiger partial charge in [-0.15, -0.1) is 11.3 Å². The van der Waals surface area contributed by atoms with E-state index in [4.69, 9.17) is 34.2 Å². The van der Waals surface area contributed by atoms with E-state index in [0.717, 1.165) is 10.4 Å². The number of thiophene rings is 1. The number of nitrogens with one attached hydrogen (secondary N) is 1. The Balaban J connectivity index is 2.35. The van der Waals surface area contributed by atoms with Crippen molar-refractivity contribution in [1.82, 2.24) is 0 Å². The van der Waals surface area contributed by atoms with E-state index < -0.39 is 5.91 Å². The zero-order valence-corrected chi connectivity index (χ0v) is 13.6. The van der Waals surface area contributed by atoms with Gasteiger partial charge in [-0.1, -0.05) is 23.2 Å². The maximum atomic E-state index is 12.2. The summed E-state index contributed by atoms with van der Waals surface area (Å²) in [6.07, 6.45) is 0. The number of hydrogen-bond acceptors (Lipinski definition) is 4. The van der Waals surface area contributed by atoms with Crippen LogP contribution in [0.25, 0.3) is 0 Å². The number of hydrogen-bond donors (Lipinski definition) is 2. The standard InChI is InChI=1S/C14H11Cl2N3OS/c1-6-7(2)21-14(9(6)5-17)19-13(20)8-3-10(15)12(16)11(18)4-8/h3-4H,18H2,1-2H3,(H,19,20). The summed E-state index contributed by atoms with van der Waals surface area (Å²) in [5.74, 6) is -0.391. The minimum Gasteiger partial charge on any atom is -0.397 e. The second-order valence-corrected chi connectivity index (χ2v) is 6.42. The van der Waals surface area contributed by atoms with Gasteiger partial charge in [-0.3, -0.25) is 4.79 Å². The van der Waals surface area contributed by atoms with E-state index in [1.54, 1.807) is 0 Å². The Bertz CT molecular complexity index is 754. The summed E-state index contributed by atoms with van der Waals surface area (Å²) in [7, 11) is 0. The van der Waals surface area contributed by atoms with Crippen LogP contribution in [-0.4, -0.2) is 5.91 Å². The fourth-order valence-corrected chi connectivity index (χ4v) is 3.11. The first kappa shape index (κ1) is 15.6. The topological polar surface area (TPSA) is 78.9 Å². The zero-order valence-electron chi connectivity index (χ0n) is 11.3. The highest BCUT2D eigenvalue weighted by atomic mass is 35.5. The predicted molar refractivity (Wildman–Crippen MR) is 87.3 cm³/mol. The Morgan fingerprint density at radius 1 is 1.38 bits per heavy atom. The number of rotatable bonds is 2. The van der Waals surface area contributed by atoms with Gasteiger partial charge in [-0.2, -0.15) is 5.26 Å². The highest BCUT2D eigenvalue weighted by Gasteiger charge is 2.17. The van der Waals surface area contributed by atoms with Crippen LogP contribution in [0.1, 0.15) is 26.4 Å². The third-order valence-electron chi connectivity index (χ3n) is 3.04. The summed E-state index contributed by atoms with van der Waals surface area (Å²) in [5.41, 5.74) is 7.55. The molecule has 0 spiro atoms. The number of anilines is 2. The molecule has 108 valence electrons. The van der Waals surface area contributed by atoms with E-state index in [-0.39, 0.29) is 21.3 Å². The third kappa shape index (κ3) is 2.98. The van der Waals surface area contributed by atoms with Crippen molar-refractivity contribution in [2.24, 2.45) is 0 Å². The molecule has 2 rings (SSSR count). The maximum absolute atomic E-state index is 12.2. The van der Waals surface area contributed by atoms with Crippen LogP contribution in [-0.2, 0) is 0 Å². The van der Waals surface area contributed by atoms with Crippen molar-refractivity contribution in [2.45, 2.75) is 13.8 Å². The second-order valence-electron chi connectivity index (χ2n) is 4.41. The van der Waals surface area contributed by atoms with Crippen LogP contribution in [0.5, 0.6) is 0 Å². The van der Waals surface area contributed by atoms with Gasteiger partial charge in [0.25, 0.3) is 5.91 Å². The van der Waals surface area contributed by atoms with Crippen molar-refractivity contribution in [1.29, 1.82) is 5.26 Å². The van der Waals surface area contributed by atoms with Gasteiger partial charge in [0.2, 0.25) is 0 Å². The average Bonchev–Trinajstić information content (AvgIpc) is 2.70. The molecule has 4 nitrogen and oxygen atoms in total. The van der Waals surface area contributed by atoms with Crippen molar-refractivity contribution in [2.75, 3.05) is 11.1 Å². The first-order valence-corrected chi connectivity index (χ1v) is 7.48. The zero-order chi connectivity index (χ0) is 15.7. The Hall–Kier alpha value is -1.74. The van der Waals surface area contributed by atoms with Crippen LogP contribution >= 0.6 is 34.5 Å². The van der Waals surface area contributed by atoms with Crippen molar-refractivity contribution >= 4 is 51.1 Å². The van der Waals surface area contributed by atoms with E-state index in [2.05, 4.69) is 11.4 Å². The number of amides is 1. The van der Waals surface area contributed by atoms with E-state index in [9.17, 15) is 4.79 Å². The average molecular weight is 340 g/mol. The third-order valence-corrected chi connectivity index (χ3v) is 4.98. The molecule has 2 aromatic rings. The van der Waals surface area contributed by atoms with Crippen molar-refractivity contribution in [3.63, 3.8) is 0 Å². The molecule has 1 heterocycles. The molecule has 0 unspecified atom stereocenters. The van der Waals surface area contributed by atoms with E-state index >= 15 is 0 Å². The molecular weight excluding hydrogens is 329 g/mol. The summed E-state index contributed by atoms with van der Waals surface area (Å²) >= 11 is 13.1. The van der Waals surface area contributed by atoms with Gasteiger partial charge in [-0.25, -0.2) is 0 Å². The molecule has 0 saturated carbocycles. The van der Waals surface area contributed by atoms with Gasteiger partial charge >= 0.3 is 0 Å². The Morgan fingerprint density at radius 2 is 2.05 bits per heavy atom. The SMILES string of the molecule is Cc1sc(NC(=O)c2cc(N)c(Cl)c(Cl)c2)c(C#N)c1C. The number of benzene rings is 1. The number of halogens is 2. The summed E-state index contributed by atoms with van der Waals surface area (Å²) in [5, 5.41) is 12.8. The van der Waals surface area contributed by atoms with E-state index in [0.29, 0.717) is 10.6 Å². The lowest BCUT2D eigenvalue weighted by Crippen LogP contribution is -2.12. The van der Waals surface area contributed by atoms with Crippen LogP contribution in [0, 0.1) is 25.2 Å². The molecule has 0 fully saturated rings. The van der Waals surface area contributed by atoms with Gasteiger partial charge in [0.15, 0.2) is 0 Å². The minimum absolute atomic E-state index is 0.209.